The molecule has 0 radical (unpaired) electrons. The highest BCUT2D eigenvalue weighted by atomic mass is 35.5. The van der Waals surface area contributed by atoms with E-state index in [9.17, 15) is 14.4 Å². The molecule has 2 heterocycles. The Morgan fingerprint density at radius 3 is 2.12 bits per heavy atom. The van der Waals surface area contributed by atoms with E-state index >= 15 is 0 Å². The van der Waals surface area contributed by atoms with Crippen LogP contribution in [0.4, 0.5) is 0 Å². The summed E-state index contributed by atoms with van der Waals surface area (Å²) in [5.41, 5.74) is 1.41. The van der Waals surface area contributed by atoms with Crippen molar-refractivity contribution in [2.75, 3.05) is 14.2 Å². The number of carbonyl (C=O) groups is 3. The first-order valence-electron chi connectivity index (χ1n) is 12.1. The number of aliphatic carboxylic acids is 3. The van der Waals surface area contributed by atoms with Crippen molar-refractivity contribution in [3.05, 3.63) is 87.2 Å². The lowest BCUT2D eigenvalue weighted by molar-refractivity contribution is -0.170. The number of pyridine rings is 1. The van der Waals surface area contributed by atoms with Crippen LogP contribution in [0.2, 0.25) is 10.0 Å². The SMILES string of the molecule is COc1cc2c(cc1OC)[C@H](c1cccc(Cl)c1Cl)N[C@H](c1ccccn1)C2.O=C(O)CC(O)(CC(=O)O)C(=O)O. The second kappa shape index (κ2) is 13.6. The molecule has 1 aromatic heterocycles. The number of methoxy groups -OCH3 is 2. The number of fused-ring (bicyclic) bond motifs is 1. The molecule has 0 unspecified atom stereocenters. The second-order valence-electron chi connectivity index (χ2n) is 9.14. The Hall–Kier alpha value is -3.90. The third kappa shape index (κ3) is 7.65. The molecule has 5 N–H and O–H groups in total. The topological polar surface area (TPSA) is 176 Å². The van der Waals surface area contributed by atoms with Gasteiger partial charge in [0.15, 0.2) is 17.1 Å². The van der Waals surface area contributed by atoms with Gasteiger partial charge in [-0.25, -0.2) is 4.79 Å². The molecular formula is C28H28Cl2N2O9. The Balaban J connectivity index is 0.000000302. The summed E-state index contributed by atoms with van der Waals surface area (Å²) in [5.74, 6) is -3.63. The van der Waals surface area contributed by atoms with Gasteiger partial charge in [0.2, 0.25) is 0 Å². The van der Waals surface area contributed by atoms with Crippen molar-refractivity contribution < 1.29 is 44.3 Å². The van der Waals surface area contributed by atoms with E-state index in [1.165, 1.54) is 0 Å². The van der Waals surface area contributed by atoms with Gasteiger partial charge < -0.3 is 29.9 Å². The summed E-state index contributed by atoms with van der Waals surface area (Å²) in [4.78, 5) is 35.0. The second-order valence-corrected chi connectivity index (χ2v) is 9.92. The highest BCUT2D eigenvalue weighted by Crippen LogP contribution is 2.43. The lowest BCUT2D eigenvalue weighted by atomic mass is 9.85. The Morgan fingerprint density at radius 1 is 0.951 bits per heavy atom. The maximum absolute atomic E-state index is 10.3. The van der Waals surface area contributed by atoms with Crippen LogP contribution in [0.3, 0.4) is 0 Å². The van der Waals surface area contributed by atoms with Gasteiger partial charge in [0.25, 0.3) is 0 Å². The molecular weight excluding hydrogens is 579 g/mol. The molecule has 0 bridgehead atoms. The smallest absolute Gasteiger partial charge is 0.336 e. The molecule has 2 aromatic carbocycles. The lowest BCUT2D eigenvalue weighted by Crippen LogP contribution is -2.42. The average Bonchev–Trinajstić information content (AvgIpc) is 2.93. The van der Waals surface area contributed by atoms with Crippen LogP contribution in [0.1, 0.15) is 47.3 Å². The monoisotopic (exact) mass is 606 g/mol. The molecule has 2 atom stereocenters. The first-order valence-corrected chi connectivity index (χ1v) is 12.9. The maximum atomic E-state index is 10.3. The number of rotatable bonds is 9. The maximum Gasteiger partial charge on any atom is 0.336 e. The summed E-state index contributed by atoms with van der Waals surface area (Å²) >= 11 is 12.9. The van der Waals surface area contributed by atoms with Crippen molar-refractivity contribution in [2.45, 2.75) is 36.9 Å². The molecule has 0 saturated heterocycles. The summed E-state index contributed by atoms with van der Waals surface area (Å²) in [7, 11) is 3.28. The van der Waals surface area contributed by atoms with E-state index < -0.39 is 36.4 Å². The zero-order valence-electron chi connectivity index (χ0n) is 22.0. The van der Waals surface area contributed by atoms with Crippen molar-refractivity contribution in [1.29, 1.82) is 0 Å². The van der Waals surface area contributed by atoms with Crippen LogP contribution in [0.25, 0.3) is 0 Å². The normalized spacial score (nSPS) is 16.0. The molecule has 13 heteroatoms. The third-order valence-electron chi connectivity index (χ3n) is 6.37. The summed E-state index contributed by atoms with van der Waals surface area (Å²) in [5, 5.41) is 38.6. The number of halogens is 2. The van der Waals surface area contributed by atoms with E-state index in [4.69, 9.17) is 53.1 Å². The van der Waals surface area contributed by atoms with Crippen LogP contribution >= 0.6 is 23.2 Å². The van der Waals surface area contributed by atoms with Crippen molar-refractivity contribution in [1.82, 2.24) is 10.3 Å². The predicted octanol–water partition coefficient (Wildman–Crippen LogP) is 4.13. The van der Waals surface area contributed by atoms with E-state index in [0.29, 0.717) is 21.5 Å². The summed E-state index contributed by atoms with van der Waals surface area (Å²) < 4.78 is 11.0. The van der Waals surface area contributed by atoms with Gasteiger partial charge in [-0.3, -0.25) is 19.9 Å². The number of carboxylic acids is 3. The fourth-order valence-corrected chi connectivity index (χ4v) is 4.86. The van der Waals surface area contributed by atoms with E-state index in [-0.39, 0.29) is 12.1 Å². The molecule has 218 valence electrons. The average molecular weight is 607 g/mol. The molecule has 1 aliphatic rings. The van der Waals surface area contributed by atoms with Crippen LogP contribution < -0.4 is 14.8 Å². The van der Waals surface area contributed by atoms with Crippen LogP contribution in [0.15, 0.2) is 54.7 Å². The van der Waals surface area contributed by atoms with Crippen molar-refractivity contribution in [2.24, 2.45) is 0 Å². The Morgan fingerprint density at radius 2 is 1.59 bits per heavy atom. The highest BCUT2D eigenvalue weighted by molar-refractivity contribution is 6.42. The van der Waals surface area contributed by atoms with Gasteiger partial charge in [-0.05, 0) is 53.4 Å². The third-order valence-corrected chi connectivity index (χ3v) is 7.20. The number of nitrogens with one attached hydrogen (secondary N) is 1. The molecule has 0 amide bonds. The number of nitrogens with zero attached hydrogens (tertiary/aromatic N) is 1. The number of carboxylic acid groups (broad SMARTS) is 3. The van der Waals surface area contributed by atoms with E-state index in [0.717, 1.165) is 28.8 Å². The number of hydrogen-bond donors (Lipinski definition) is 5. The standard InChI is InChI=1S/C22H20Cl2N2O2.C6H8O7/c1-27-19-11-13-10-18(17-8-3-4-9-25-17)26-22(15(13)12-20(19)28-2)14-6-5-7-16(23)21(14)24;7-3(8)1-6(13,5(11)12)2-4(9)10/h3-9,11-12,18,22,26H,10H2,1-2H3;13H,1-2H2,(H,7,8)(H,9,10)(H,11,12)/t18-,22-;/m0./s1. The minimum Gasteiger partial charge on any atom is -0.493 e. The van der Waals surface area contributed by atoms with E-state index in [1.54, 1.807) is 20.3 Å². The van der Waals surface area contributed by atoms with Gasteiger partial charge in [-0.15, -0.1) is 0 Å². The first-order chi connectivity index (χ1) is 19.4. The fraction of sp³-hybridized carbons (Fsp3) is 0.286. The van der Waals surface area contributed by atoms with Gasteiger partial charge in [0, 0.05) is 6.20 Å². The van der Waals surface area contributed by atoms with Gasteiger partial charge in [-0.2, -0.15) is 0 Å². The van der Waals surface area contributed by atoms with Crippen LogP contribution in [-0.4, -0.2) is 63.1 Å². The molecule has 0 spiro atoms. The molecule has 11 nitrogen and oxygen atoms in total. The molecule has 0 aliphatic carbocycles. The lowest BCUT2D eigenvalue weighted by Gasteiger charge is -2.34. The van der Waals surface area contributed by atoms with E-state index in [2.05, 4.69) is 10.3 Å². The molecule has 0 fully saturated rings. The number of hydrogen-bond acceptors (Lipinski definition) is 8. The summed E-state index contributed by atoms with van der Waals surface area (Å²) in [6.07, 6.45) is 0.299. The number of aliphatic hydroxyl groups is 1. The number of ether oxygens (including phenoxy) is 2. The zero-order chi connectivity index (χ0) is 30.3. The zero-order valence-corrected chi connectivity index (χ0v) is 23.5. The Kier molecular flexibility index (Phi) is 10.5. The van der Waals surface area contributed by atoms with Gasteiger partial charge in [-0.1, -0.05) is 41.4 Å². The van der Waals surface area contributed by atoms with Gasteiger partial charge in [0.05, 0.1) is 54.9 Å². The number of benzene rings is 2. The fourth-order valence-electron chi connectivity index (χ4n) is 4.44. The Labute approximate surface area is 245 Å². The minimum absolute atomic E-state index is 0.0341. The quantitative estimate of drug-likeness (QED) is 0.236. The van der Waals surface area contributed by atoms with Crippen LogP contribution in [0.5, 0.6) is 11.5 Å². The highest BCUT2D eigenvalue weighted by Gasteiger charge is 2.40. The van der Waals surface area contributed by atoms with Crippen LogP contribution in [-0.2, 0) is 20.8 Å². The van der Waals surface area contributed by atoms with Gasteiger partial charge >= 0.3 is 17.9 Å². The Bertz CT molecular complexity index is 1400. The summed E-state index contributed by atoms with van der Waals surface area (Å²) in [6.45, 7) is 0. The largest absolute Gasteiger partial charge is 0.493 e. The first kappa shape index (κ1) is 31.6. The molecule has 41 heavy (non-hydrogen) atoms. The molecule has 1 aliphatic heterocycles. The molecule has 4 rings (SSSR count). The summed E-state index contributed by atoms with van der Waals surface area (Å²) in [6, 6.07) is 15.6. The minimum atomic E-state index is -2.74. The molecule has 0 saturated carbocycles. The van der Waals surface area contributed by atoms with Crippen molar-refractivity contribution in [3.8, 4) is 11.5 Å². The molecule has 3 aromatic rings. The van der Waals surface area contributed by atoms with Crippen molar-refractivity contribution >= 4 is 41.1 Å². The van der Waals surface area contributed by atoms with Crippen molar-refractivity contribution in [3.63, 3.8) is 0 Å². The number of aromatic nitrogens is 1. The predicted molar refractivity (Wildman–Crippen MR) is 149 cm³/mol. The van der Waals surface area contributed by atoms with Gasteiger partial charge in [0.1, 0.15) is 0 Å². The van der Waals surface area contributed by atoms with E-state index in [1.807, 2.05) is 48.7 Å². The van der Waals surface area contributed by atoms with Crippen LogP contribution in [0, 0.1) is 0 Å².